The number of allylic oxidation sites excluding steroid dienone is 2. The first-order valence-electron chi connectivity index (χ1n) is 28.8. The molecular formula is C53H84Na2O30S2. The van der Waals surface area contributed by atoms with Crippen molar-refractivity contribution in [1.82, 2.24) is 0 Å². The molecule has 34 heteroatoms. The summed E-state index contributed by atoms with van der Waals surface area (Å²) in [5.74, 6) is 0.451. The van der Waals surface area contributed by atoms with E-state index in [0.717, 1.165) is 39.2 Å². The van der Waals surface area contributed by atoms with Gasteiger partial charge >= 0.3 is 59.1 Å². The normalized spacial score (nSPS) is 49.2. The van der Waals surface area contributed by atoms with Crippen LogP contribution in [0.2, 0.25) is 0 Å². The largest absolute Gasteiger partial charge is 1.00 e. The summed E-state index contributed by atoms with van der Waals surface area (Å²) in [5.41, 5.74) is 0.158. The van der Waals surface area contributed by atoms with Gasteiger partial charge in [0.1, 0.15) is 110 Å². The van der Waals surface area contributed by atoms with Crippen LogP contribution in [0.5, 0.6) is 0 Å². The van der Waals surface area contributed by atoms with Crippen LogP contribution in [0.4, 0.5) is 0 Å². The molecule has 0 aromatic rings. The molecule has 0 aromatic heterocycles. The fourth-order valence-corrected chi connectivity index (χ4v) is 16.6. The zero-order valence-electron chi connectivity index (χ0n) is 50.4. The van der Waals surface area contributed by atoms with Crippen LogP contribution < -0.4 is 59.1 Å². The summed E-state index contributed by atoms with van der Waals surface area (Å²) in [5, 5.41) is 111. The van der Waals surface area contributed by atoms with Gasteiger partial charge in [-0.2, -0.15) is 0 Å². The third-order valence-corrected chi connectivity index (χ3v) is 21.6. The Kier molecular flexibility index (Phi) is 24.5. The molecule has 4 aliphatic carbocycles. The van der Waals surface area contributed by atoms with Gasteiger partial charge < -0.3 is 112 Å². The van der Waals surface area contributed by atoms with Crippen molar-refractivity contribution >= 4 is 26.6 Å². The molecule has 0 bridgehead atoms. The molecule has 5 saturated heterocycles. The fraction of sp³-hybridized carbons (Fsp3) is 0.943. The first-order valence-corrected chi connectivity index (χ1v) is 31.5. The van der Waals surface area contributed by atoms with Crippen LogP contribution in [0.15, 0.2) is 11.6 Å². The average Bonchev–Trinajstić information content (AvgIpc) is 1.69. The number of aliphatic hydroxyl groups is 10. The number of methoxy groups -OCH3 is 1. The maximum absolute atomic E-state index is 13.0. The number of hydrogen-bond acceptors (Lipinski definition) is 30. The van der Waals surface area contributed by atoms with E-state index in [-0.39, 0.29) is 98.9 Å². The molecule has 5 aliphatic heterocycles. The zero-order valence-corrected chi connectivity index (χ0v) is 56.0. The molecular weight excluding hydrogens is 1230 g/mol. The molecule has 0 amide bonds. The summed E-state index contributed by atoms with van der Waals surface area (Å²) < 4.78 is 146. The van der Waals surface area contributed by atoms with Crippen LogP contribution in [0, 0.1) is 39.4 Å². The van der Waals surface area contributed by atoms with Crippen molar-refractivity contribution in [2.24, 2.45) is 39.4 Å². The number of aliphatic hydroxyl groups excluding tert-OH is 10. The number of ether oxygens (including phenoxy) is 11. The Balaban J connectivity index is 0.00000541. The van der Waals surface area contributed by atoms with E-state index in [1.54, 1.807) is 6.92 Å². The number of Topliss-reactive ketones (excluding diaryl/α,β-unsaturated/α-hetero) is 1. The van der Waals surface area contributed by atoms with Crippen molar-refractivity contribution in [2.45, 2.75) is 241 Å². The van der Waals surface area contributed by atoms with Crippen molar-refractivity contribution in [2.75, 3.05) is 33.5 Å². The summed E-state index contributed by atoms with van der Waals surface area (Å²) in [6, 6.07) is 0. The van der Waals surface area contributed by atoms with Crippen molar-refractivity contribution in [3.05, 3.63) is 11.6 Å². The Morgan fingerprint density at radius 3 is 1.83 bits per heavy atom. The van der Waals surface area contributed by atoms with Crippen LogP contribution in [0.3, 0.4) is 0 Å². The van der Waals surface area contributed by atoms with Crippen LogP contribution in [-0.4, -0.2) is 264 Å². The van der Waals surface area contributed by atoms with Gasteiger partial charge in [-0.15, -0.1) is 0 Å². The molecule has 30 nitrogen and oxygen atoms in total. The molecule has 490 valence electrons. The van der Waals surface area contributed by atoms with E-state index in [4.69, 9.17) is 56.3 Å². The van der Waals surface area contributed by atoms with Crippen LogP contribution in [0.25, 0.3) is 0 Å². The minimum Gasteiger partial charge on any atom is -0.726 e. The van der Waals surface area contributed by atoms with Gasteiger partial charge in [-0.25, -0.2) is 16.8 Å². The second kappa shape index (κ2) is 28.6. The SMILES string of the molecule is COC1C(O)[C@H](OC2C(O)[C@H](O[C@@H]3C(C)O[C@@H](OC4C(O)[C@H](OS(=O)(=O)[O-])CO[C@H]4OC4CC[C@]5(C)C6=CC[C@]7(C)C(C(C)=O)CCC7(C)C6CCC5C4(C)C)C(O[C@@H]4OC[C@@H](O)C(O)C4O)C3O)OC(COS(=O)(=O)[O-])[C@H]2O)OC(CO)[C@H]1O.[Na+].[Na+]. The molecule has 8 fully saturated rings. The van der Waals surface area contributed by atoms with Gasteiger partial charge in [-0.3, -0.25) is 13.2 Å². The number of hydrogen-bond donors (Lipinski definition) is 10. The average molecular weight is 1310 g/mol. The van der Waals surface area contributed by atoms with Crippen molar-refractivity contribution in [3.63, 3.8) is 0 Å². The Bertz CT molecular complexity index is 2610. The monoisotopic (exact) mass is 1310 g/mol. The van der Waals surface area contributed by atoms with E-state index in [9.17, 15) is 81.8 Å². The molecule has 0 spiro atoms. The summed E-state index contributed by atoms with van der Waals surface area (Å²) >= 11 is 0. The fourth-order valence-electron chi connectivity index (χ4n) is 15.9. The molecule has 18 unspecified atom stereocenters. The number of ketones is 1. The van der Waals surface area contributed by atoms with Gasteiger partial charge in [0.25, 0.3) is 0 Å². The van der Waals surface area contributed by atoms with E-state index in [1.165, 1.54) is 12.5 Å². The zero-order chi connectivity index (χ0) is 62.4. The van der Waals surface area contributed by atoms with Crippen LogP contribution in [-0.2, 0) is 86.1 Å². The number of fused-ring (bicyclic) bond motifs is 5. The van der Waals surface area contributed by atoms with Gasteiger partial charge in [0.2, 0.25) is 20.8 Å². The van der Waals surface area contributed by atoms with Gasteiger partial charge in [0, 0.05) is 13.0 Å². The smallest absolute Gasteiger partial charge is 0.726 e. The minimum absolute atomic E-state index is 0. The van der Waals surface area contributed by atoms with Gasteiger partial charge in [-0.1, -0.05) is 46.3 Å². The van der Waals surface area contributed by atoms with E-state index in [2.05, 4.69) is 44.9 Å². The maximum atomic E-state index is 13.0. The van der Waals surface area contributed by atoms with E-state index >= 15 is 0 Å². The first-order chi connectivity index (χ1) is 39.6. The second-order valence-corrected chi connectivity index (χ2v) is 27.8. The maximum Gasteiger partial charge on any atom is 1.00 e. The number of rotatable bonds is 18. The predicted octanol–water partition coefficient (Wildman–Crippen LogP) is -9.40. The minimum atomic E-state index is -5.52. The van der Waals surface area contributed by atoms with E-state index < -0.39 is 200 Å². The van der Waals surface area contributed by atoms with Gasteiger partial charge in [0.15, 0.2) is 31.5 Å². The molecule has 87 heavy (non-hydrogen) atoms. The standard InChI is InChI=1S/C53H86O30S2.2Na/c1-21(55)23-11-15-53(7)25-9-10-30-50(3,4)31(13-14-51(30,5)24(25)12-16-52(23,53)6)78-48-43(35(60)29(19-73-48)83-85(68,69)70)82-49-44(81-45-36(61)32(57)26(56)18-72-45)37(62)40(22(2)75-49)79-47-39(64)42(34(59)28(77-47)20-74-84(65,66)67)80-46-38(63)41(71-8)33(58)27(17-54)76-46;;/h12,22-23,25-49,54,56-64H,9-11,13-20H2,1-8H3,(H,65,66,67)(H,68,69,70);;/q;2*+1/p-2/t22?,23?,25?,26-,27?,28?,29-,30?,31?,32?,33-,34-,35?,36?,37?,38?,39?,40-,41?,42?,43?,44?,45+,46+,47+,48+,49+,51-,52-,53?;;/m1../s1. The Morgan fingerprint density at radius 1 is 0.621 bits per heavy atom. The summed E-state index contributed by atoms with van der Waals surface area (Å²) in [6.07, 6.45) is -36.4. The molecule has 10 N–H and O–H groups in total. The van der Waals surface area contributed by atoms with Crippen molar-refractivity contribution in [3.8, 4) is 0 Å². The van der Waals surface area contributed by atoms with Crippen LogP contribution >= 0.6 is 0 Å². The summed E-state index contributed by atoms with van der Waals surface area (Å²) in [4.78, 5) is 13.0. The molecule has 9 rings (SSSR count). The van der Waals surface area contributed by atoms with E-state index in [1.807, 2.05) is 0 Å². The molecule has 0 aromatic carbocycles. The first kappa shape index (κ1) is 74.7. The summed E-state index contributed by atoms with van der Waals surface area (Å²) in [7, 11) is -9.90. The summed E-state index contributed by atoms with van der Waals surface area (Å²) in [6.45, 7) is 10.6. The number of carbonyl (C=O) groups is 1. The van der Waals surface area contributed by atoms with Gasteiger partial charge in [0.05, 0.1) is 38.6 Å². The van der Waals surface area contributed by atoms with Gasteiger partial charge in [-0.05, 0) is 92.3 Å². The molecule has 3 saturated carbocycles. The molecule has 0 radical (unpaired) electrons. The predicted molar refractivity (Wildman–Crippen MR) is 277 cm³/mol. The molecule has 30 atom stereocenters. The van der Waals surface area contributed by atoms with Crippen molar-refractivity contribution in [1.29, 1.82) is 0 Å². The van der Waals surface area contributed by atoms with E-state index in [0.29, 0.717) is 12.8 Å². The van der Waals surface area contributed by atoms with Crippen LogP contribution in [0.1, 0.15) is 93.4 Å². The topological polar surface area (TPSA) is 454 Å². The second-order valence-electron chi connectivity index (χ2n) is 25.7. The third-order valence-electron chi connectivity index (χ3n) is 20.7. The number of carbonyl (C=O) groups excluding carboxylic acids is 1. The Morgan fingerprint density at radius 2 is 1.21 bits per heavy atom. The molecule has 5 heterocycles. The van der Waals surface area contributed by atoms with Crippen molar-refractivity contribution < 1.29 is 201 Å². The Hall–Kier alpha value is 0.310. The molecule has 9 aliphatic rings. The Labute approximate surface area is 549 Å². The quantitative estimate of drug-likeness (QED) is 0.0200. The third kappa shape index (κ3) is 14.6.